The first-order valence-electron chi connectivity index (χ1n) is 5.90. The van der Waals surface area contributed by atoms with Crippen molar-refractivity contribution in [1.82, 2.24) is 5.32 Å². The number of nitrogens with one attached hydrogen (secondary N) is 1. The molecule has 0 rings (SSSR count). The fourth-order valence-corrected chi connectivity index (χ4v) is 1.18. The van der Waals surface area contributed by atoms with E-state index in [1.54, 1.807) is 0 Å². The highest BCUT2D eigenvalue weighted by Crippen LogP contribution is 2.19. The van der Waals surface area contributed by atoms with Gasteiger partial charge in [-0.2, -0.15) is 0 Å². The largest absolute Gasteiger partial charge is 0.481 e. The number of carbonyl (C=O) groups excluding carboxylic acids is 1. The van der Waals surface area contributed by atoms with Crippen LogP contribution in [0.15, 0.2) is 0 Å². The number of carbonyl (C=O) groups is 2. The van der Waals surface area contributed by atoms with Crippen LogP contribution in [0.1, 0.15) is 52.9 Å². The molecule has 0 aromatic rings. The highest BCUT2D eigenvalue weighted by Gasteiger charge is 2.24. The number of carboxylic acids is 1. The van der Waals surface area contributed by atoms with Gasteiger partial charge >= 0.3 is 5.97 Å². The molecular formula is C12H23NO3. The average Bonchev–Trinajstić information content (AvgIpc) is 2.22. The summed E-state index contributed by atoms with van der Waals surface area (Å²) in [4.78, 5) is 21.9. The second-order valence-corrected chi connectivity index (χ2v) is 4.70. The average molecular weight is 229 g/mol. The Labute approximate surface area is 97.4 Å². The van der Waals surface area contributed by atoms with Gasteiger partial charge in [0.25, 0.3) is 0 Å². The van der Waals surface area contributed by atoms with Gasteiger partial charge in [0, 0.05) is 18.4 Å². The van der Waals surface area contributed by atoms with Crippen molar-refractivity contribution >= 4 is 11.9 Å². The van der Waals surface area contributed by atoms with Crippen molar-refractivity contribution in [2.24, 2.45) is 5.41 Å². The van der Waals surface area contributed by atoms with Gasteiger partial charge in [-0.15, -0.1) is 0 Å². The van der Waals surface area contributed by atoms with E-state index < -0.39 is 5.97 Å². The number of hydrogen-bond donors (Lipinski definition) is 2. The molecule has 0 unspecified atom stereocenters. The first kappa shape index (κ1) is 14.9. The molecule has 0 saturated heterocycles. The van der Waals surface area contributed by atoms with Crippen LogP contribution in [0.3, 0.4) is 0 Å². The van der Waals surface area contributed by atoms with E-state index in [0.29, 0.717) is 13.0 Å². The van der Waals surface area contributed by atoms with Crippen LogP contribution in [-0.4, -0.2) is 23.5 Å². The summed E-state index contributed by atoms with van der Waals surface area (Å²) in [5, 5.41) is 11.3. The third-order valence-electron chi connectivity index (χ3n) is 2.85. The molecule has 0 fully saturated rings. The Morgan fingerprint density at radius 1 is 1.19 bits per heavy atom. The van der Waals surface area contributed by atoms with E-state index in [4.69, 9.17) is 5.11 Å². The van der Waals surface area contributed by atoms with Gasteiger partial charge in [-0.3, -0.25) is 9.59 Å². The number of amides is 1. The predicted molar refractivity (Wildman–Crippen MR) is 63.2 cm³/mol. The quantitative estimate of drug-likeness (QED) is 0.627. The molecule has 4 nitrogen and oxygen atoms in total. The molecule has 4 heteroatoms. The summed E-state index contributed by atoms with van der Waals surface area (Å²) < 4.78 is 0. The number of hydrogen-bond acceptors (Lipinski definition) is 2. The van der Waals surface area contributed by atoms with E-state index >= 15 is 0 Å². The first-order valence-corrected chi connectivity index (χ1v) is 5.90. The highest BCUT2D eigenvalue weighted by molar-refractivity contribution is 5.81. The Hall–Kier alpha value is -1.06. The Morgan fingerprint density at radius 2 is 1.81 bits per heavy atom. The fraction of sp³-hybridized carbons (Fsp3) is 0.833. The van der Waals surface area contributed by atoms with Gasteiger partial charge in [-0.05, 0) is 19.3 Å². The standard InChI is InChI=1S/C12H23NO3/c1-4-12(2,3)11(16)13-9-7-5-6-8-10(14)15/h4-9H2,1-3H3,(H,13,16)(H,14,15). The predicted octanol–water partition coefficient (Wildman–Crippen LogP) is 2.18. The van der Waals surface area contributed by atoms with Gasteiger partial charge in [0.05, 0.1) is 0 Å². The van der Waals surface area contributed by atoms with Crippen LogP contribution in [0, 0.1) is 5.41 Å². The highest BCUT2D eigenvalue weighted by atomic mass is 16.4. The summed E-state index contributed by atoms with van der Waals surface area (Å²) in [6, 6.07) is 0. The minimum Gasteiger partial charge on any atom is -0.481 e. The lowest BCUT2D eigenvalue weighted by Gasteiger charge is -2.21. The molecular weight excluding hydrogens is 206 g/mol. The number of aliphatic carboxylic acids is 1. The van der Waals surface area contributed by atoms with E-state index in [0.717, 1.165) is 19.3 Å². The van der Waals surface area contributed by atoms with Crippen molar-refractivity contribution in [2.45, 2.75) is 52.9 Å². The third kappa shape index (κ3) is 6.43. The monoisotopic (exact) mass is 229 g/mol. The minimum atomic E-state index is -0.754. The lowest BCUT2D eigenvalue weighted by atomic mass is 9.89. The van der Waals surface area contributed by atoms with Gasteiger partial charge in [-0.1, -0.05) is 27.2 Å². The van der Waals surface area contributed by atoms with Crippen LogP contribution in [0.5, 0.6) is 0 Å². The molecule has 0 saturated carbocycles. The summed E-state index contributed by atoms with van der Waals surface area (Å²) in [5.74, 6) is -0.676. The molecule has 0 spiro atoms. The summed E-state index contributed by atoms with van der Waals surface area (Å²) in [6.07, 6.45) is 3.41. The second-order valence-electron chi connectivity index (χ2n) is 4.70. The Kier molecular flexibility index (Phi) is 6.77. The van der Waals surface area contributed by atoms with Crippen molar-refractivity contribution in [3.8, 4) is 0 Å². The van der Waals surface area contributed by atoms with Gasteiger partial charge in [0.2, 0.25) is 5.91 Å². The molecule has 0 heterocycles. The van der Waals surface area contributed by atoms with E-state index in [1.165, 1.54) is 0 Å². The van der Waals surface area contributed by atoms with Gasteiger partial charge < -0.3 is 10.4 Å². The molecule has 0 aromatic heterocycles. The Bertz CT molecular complexity index is 236. The van der Waals surface area contributed by atoms with E-state index in [-0.39, 0.29) is 17.7 Å². The van der Waals surface area contributed by atoms with E-state index in [2.05, 4.69) is 5.32 Å². The molecule has 0 bridgehead atoms. The van der Waals surface area contributed by atoms with Crippen LogP contribution in [0.4, 0.5) is 0 Å². The van der Waals surface area contributed by atoms with E-state index in [1.807, 2.05) is 20.8 Å². The third-order valence-corrected chi connectivity index (χ3v) is 2.85. The zero-order valence-electron chi connectivity index (χ0n) is 10.5. The smallest absolute Gasteiger partial charge is 0.303 e. The zero-order valence-corrected chi connectivity index (χ0v) is 10.5. The summed E-state index contributed by atoms with van der Waals surface area (Å²) >= 11 is 0. The van der Waals surface area contributed by atoms with E-state index in [9.17, 15) is 9.59 Å². The molecule has 16 heavy (non-hydrogen) atoms. The maximum atomic E-state index is 11.6. The molecule has 0 aliphatic rings. The lowest BCUT2D eigenvalue weighted by molar-refractivity contribution is -0.137. The number of rotatable bonds is 8. The van der Waals surface area contributed by atoms with Crippen molar-refractivity contribution in [3.63, 3.8) is 0 Å². The number of unbranched alkanes of at least 4 members (excludes halogenated alkanes) is 2. The van der Waals surface area contributed by atoms with Crippen LogP contribution >= 0.6 is 0 Å². The van der Waals surface area contributed by atoms with Crippen molar-refractivity contribution in [2.75, 3.05) is 6.54 Å². The minimum absolute atomic E-state index is 0.0771. The molecule has 0 aliphatic carbocycles. The van der Waals surface area contributed by atoms with Crippen LogP contribution in [-0.2, 0) is 9.59 Å². The maximum absolute atomic E-state index is 11.6. The van der Waals surface area contributed by atoms with Crippen molar-refractivity contribution in [1.29, 1.82) is 0 Å². The molecule has 0 atom stereocenters. The first-order chi connectivity index (χ1) is 7.40. The summed E-state index contributed by atoms with van der Waals surface area (Å²) in [6.45, 7) is 6.48. The van der Waals surface area contributed by atoms with Crippen LogP contribution in [0.2, 0.25) is 0 Å². The molecule has 1 amide bonds. The summed E-state index contributed by atoms with van der Waals surface area (Å²) in [7, 11) is 0. The van der Waals surface area contributed by atoms with Crippen LogP contribution < -0.4 is 5.32 Å². The topological polar surface area (TPSA) is 66.4 Å². The van der Waals surface area contributed by atoms with Gasteiger partial charge in [0.15, 0.2) is 0 Å². The van der Waals surface area contributed by atoms with Gasteiger partial charge in [0.1, 0.15) is 0 Å². The zero-order chi connectivity index (χ0) is 12.6. The molecule has 0 aromatic carbocycles. The summed E-state index contributed by atoms with van der Waals surface area (Å²) in [5.41, 5.74) is -0.304. The van der Waals surface area contributed by atoms with Gasteiger partial charge in [-0.25, -0.2) is 0 Å². The second kappa shape index (κ2) is 7.25. The lowest BCUT2D eigenvalue weighted by Crippen LogP contribution is -2.36. The number of carboxylic acid groups (broad SMARTS) is 1. The molecule has 0 radical (unpaired) electrons. The molecule has 94 valence electrons. The fourth-order valence-electron chi connectivity index (χ4n) is 1.18. The normalized spacial score (nSPS) is 11.2. The Morgan fingerprint density at radius 3 is 2.31 bits per heavy atom. The van der Waals surface area contributed by atoms with Crippen molar-refractivity contribution < 1.29 is 14.7 Å². The molecule has 2 N–H and O–H groups in total. The SMILES string of the molecule is CCC(C)(C)C(=O)NCCCCCC(=O)O. The molecule has 0 aliphatic heterocycles. The Balaban J connectivity index is 3.52. The van der Waals surface area contributed by atoms with Crippen LogP contribution in [0.25, 0.3) is 0 Å². The van der Waals surface area contributed by atoms with Crippen molar-refractivity contribution in [3.05, 3.63) is 0 Å². The maximum Gasteiger partial charge on any atom is 0.303 e.